The van der Waals surface area contributed by atoms with Crippen LogP contribution in [0.5, 0.6) is 5.75 Å². The Morgan fingerprint density at radius 1 is 0.966 bits per heavy atom. The molecule has 3 aromatic carbocycles. The molecule has 3 aromatic rings. The SMILES string of the molecule is COc1ccc(C(=O)/C=C/C2=NN(c3ccccc3)[C@@H](c3ccccc3)C2)cc1. The molecule has 1 atom stereocenters. The van der Waals surface area contributed by atoms with Gasteiger partial charge in [-0.3, -0.25) is 9.80 Å². The average molecular weight is 382 g/mol. The van der Waals surface area contributed by atoms with Crippen molar-refractivity contribution >= 4 is 17.2 Å². The third-order valence-corrected chi connectivity index (χ3v) is 4.94. The van der Waals surface area contributed by atoms with Gasteiger partial charge >= 0.3 is 0 Å². The zero-order valence-corrected chi connectivity index (χ0v) is 16.2. The van der Waals surface area contributed by atoms with E-state index >= 15 is 0 Å². The summed E-state index contributed by atoms with van der Waals surface area (Å²) >= 11 is 0. The summed E-state index contributed by atoms with van der Waals surface area (Å²) in [6.07, 6.45) is 4.16. The maximum atomic E-state index is 12.5. The van der Waals surface area contributed by atoms with Crippen LogP contribution in [0.2, 0.25) is 0 Å². The van der Waals surface area contributed by atoms with E-state index in [0.717, 1.165) is 23.6 Å². The first kappa shape index (κ1) is 18.7. The smallest absolute Gasteiger partial charge is 0.185 e. The standard InChI is InChI=1S/C25H22N2O2/c1-29-23-15-12-20(13-16-23)25(28)17-14-21-18-24(19-8-4-2-5-9-19)27(26-21)22-10-6-3-7-11-22/h2-17,24H,18H2,1H3/b17-14+/t24-/m1/s1. The molecule has 29 heavy (non-hydrogen) atoms. The molecule has 144 valence electrons. The van der Waals surface area contributed by atoms with Crippen LogP contribution in [0.25, 0.3) is 0 Å². The summed E-state index contributed by atoms with van der Waals surface area (Å²) < 4.78 is 5.14. The number of ether oxygens (including phenoxy) is 1. The number of carbonyl (C=O) groups excluding carboxylic acids is 1. The van der Waals surface area contributed by atoms with Crippen molar-refractivity contribution in [2.24, 2.45) is 5.10 Å². The van der Waals surface area contributed by atoms with Gasteiger partial charge in [-0.25, -0.2) is 0 Å². The lowest BCUT2D eigenvalue weighted by Crippen LogP contribution is -2.18. The second-order valence-electron chi connectivity index (χ2n) is 6.83. The number of ketones is 1. The Balaban J connectivity index is 1.56. The topological polar surface area (TPSA) is 41.9 Å². The number of hydrogen-bond acceptors (Lipinski definition) is 4. The third-order valence-electron chi connectivity index (χ3n) is 4.94. The summed E-state index contributed by atoms with van der Waals surface area (Å²) in [5.41, 5.74) is 3.74. The Hall–Kier alpha value is -3.66. The van der Waals surface area contributed by atoms with Gasteiger partial charge in [0.15, 0.2) is 5.78 Å². The maximum Gasteiger partial charge on any atom is 0.185 e. The number of nitrogens with zero attached hydrogens (tertiary/aromatic N) is 2. The summed E-state index contributed by atoms with van der Waals surface area (Å²) in [5.74, 6) is 0.680. The number of carbonyl (C=O) groups is 1. The molecule has 0 unspecified atom stereocenters. The zero-order chi connectivity index (χ0) is 20.1. The fourth-order valence-corrected chi connectivity index (χ4v) is 3.41. The summed E-state index contributed by atoms with van der Waals surface area (Å²) in [5, 5.41) is 6.83. The lowest BCUT2D eigenvalue weighted by atomic mass is 10.0. The van der Waals surface area contributed by atoms with Crippen LogP contribution in [0.3, 0.4) is 0 Å². The van der Waals surface area contributed by atoms with Crippen molar-refractivity contribution in [1.29, 1.82) is 0 Å². The molecule has 1 aliphatic heterocycles. The van der Waals surface area contributed by atoms with Crippen LogP contribution in [-0.2, 0) is 0 Å². The number of rotatable bonds is 6. The van der Waals surface area contributed by atoms with E-state index in [-0.39, 0.29) is 11.8 Å². The second-order valence-corrected chi connectivity index (χ2v) is 6.83. The molecule has 0 aromatic heterocycles. The van der Waals surface area contributed by atoms with Gasteiger partial charge in [-0.15, -0.1) is 0 Å². The molecule has 0 aliphatic carbocycles. The number of hydrogen-bond donors (Lipinski definition) is 0. The Bertz CT molecular complexity index is 1030. The van der Waals surface area contributed by atoms with Crippen molar-refractivity contribution in [3.63, 3.8) is 0 Å². The Labute approximate surface area is 170 Å². The summed E-state index contributed by atoms with van der Waals surface area (Å²) in [6.45, 7) is 0. The highest BCUT2D eigenvalue weighted by Crippen LogP contribution is 2.35. The normalized spacial score (nSPS) is 16.1. The van der Waals surface area contributed by atoms with Crippen molar-refractivity contribution in [2.75, 3.05) is 12.1 Å². The predicted octanol–water partition coefficient (Wildman–Crippen LogP) is 5.44. The fraction of sp³-hybridized carbons (Fsp3) is 0.120. The van der Waals surface area contributed by atoms with E-state index in [1.165, 1.54) is 5.56 Å². The van der Waals surface area contributed by atoms with E-state index in [1.807, 2.05) is 47.5 Å². The number of anilines is 1. The minimum atomic E-state index is -0.0511. The zero-order valence-electron chi connectivity index (χ0n) is 16.2. The van der Waals surface area contributed by atoms with Gasteiger partial charge in [-0.2, -0.15) is 5.10 Å². The largest absolute Gasteiger partial charge is 0.497 e. The Morgan fingerprint density at radius 3 is 2.28 bits per heavy atom. The van der Waals surface area contributed by atoms with Gasteiger partial charge in [-0.1, -0.05) is 48.5 Å². The van der Waals surface area contributed by atoms with E-state index in [4.69, 9.17) is 9.84 Å². The first-order valence-electron chi connectivity index (χ1n) is 9.58. The molecule has 0 N–H and O–H groups in total. The van der Waals surface area contributed by atoms with Crippen molar-refractivity contribution in [1.82, 2.24) is 0 Å². The van der Waals surface area contributed by atoms with E-state index < -0.39 is 0 Å². The van der Waals surface area contributed by atoms with Crippen molar-refractivity contribution in [2.45, 2.75) is 12.5 Å². The van der Waals surface area contributed by atoms with Crippen molar-refractivity contribution < 1.29 is 9.53 Å². The number of allylic oxidation sites excluding steroid dienone is 2. The molecule has 0 fully saturated rings. The summed E-state index contributed by atoms with van der Waals surface area (Å²) in [7, 11) is 1.61. The molecule has 1 heterocycles. The van der Waals surface area contributed by atoms with Crippen LogP contribution >= 0.6 is 0 Å². The molecule has 0 spiro atoms. The highest BCUT2D eigenvalue weighted by molar-refractivity contribution is 6.09. The minimum Gasteiger partial charge on any atom is -0.497 e. The summed E-state index contributed by atoms with van der Waals surface area (Å²) in [6, 6.07) is 27.7. The van der Waals surface area contributed by atoms with Gasteiger partial charge in [0.05, 0.1) is 24.6 Å². The first-order chi connectivity index (χ1) is 14.2. The number of hydrazone groups is 1. The second kappa shape index (κ2) is 8.57. The van der Waals surface area contributed by atoms with Gasteiger partial charge in [-0.05, 0) is 54.1 Å². The molecule has 0 saturated heterocycles. The Kier molecular flexibility index (Phi) is 5.52. The number of methoxy groups -OCH3 is 1. The quantitative estimate of drug-likeness (QED) is 0.421. The van der Waals surface area contributed by atoms with Crippen LogP contribution in [0.15, 0.2) is 102 Å². The van der Waals surface area contributed by atoms with Crippen molar-refractivity contribution in [3.8, 4) is 5.75 Å². The molecule has 4 heteroatoms. The van der Waals surface area contributed by atoms with Crippen LogP contribution < -0.4 is 9.75 Å². The van der Waals surface area contributed by atoms with Gasteiger partial charge in [0.25, 0.3) is 0 Å². The molecule has 0 amide bonds. The Morgan fingerprint density at radius 2 is 1.62 bits per heavy atom. The molecular formula is C25H22N2O2. The molecule has 1 aliphatic rings. The average Bonchev–Trinajstić information content (AvgIpc) is 3.23. The maximum absolute atomic E-state index is 12.5. The highest BCUT2D eigenvalue weighted by atomic mass is 16.5. The number of para-hydroxylation sites is 1. The van der Waals surface area contributed by atoms with Crippen LogP contribution in [0, 0.1) is 0 Å². The van der Waals surface area contributed by atoms with Gasteiger partial charge in [0.1, 0.15) is 5.75 Å². The molecule has 0 saturated carbocycles. The monoisotopic (exact) mass is 382 g/mol. The van der Waals surface area contributed by atoms with E-state index in [1.54, 1.807) is 37.5 Å². The fourth-order valence-electron chi connectivity index (χ4n) is 3.41. The van der Waals surface area contributed by atoms with Crippen molar-refractivity contribution in [3.05, 3.63) is 108 Å². The van der Waals surface area contributed by atoms with Crippen LogP contribution in [0.1, 0.15) is 28.4 Å². The minimum absolute atomic E-state index is 0.0511. The lowest BCUT2D eigenvalue weighted by Gasteiger charge is -2.23. The highest BCUT2D eigenvalue weighted by Gasteiger charge is 2.28. The van der Waals surface area contributed by atoms with Gasteiger partial charge < -0.3 is 4.74 Å². The van der Waals surface area contributed by atoms with Gasteiger partial charge in [0.2, 0.25) is 0 Å². The van der Waals surface area contributed by atoms with E-state index in [9.17, 15) is 4.79 Å². The molecule has 0 radical (unpaired) electrons. The van der Waals surface area contributed by atoms with Crippen LogP contribution in [0.4, 0.5) is 5.69 Å². The summed E-state index contributed by atoms with van der Waals surface area (Å²) in [4.78, 5) is 12.5. The van der Waals surface area contributed by atoms with Gasteiger partial charge in [0, 0.05) is 12.0 Å². The first-order valence-corrected chi connectivity index (χ1v) is 9.58. The molecule has 4 nitrogen and oxygen atoms in total. The van der Waals surface area contributed by atoms with Crippen LogP contribution in [-0.4, -0.2) is 18.6 Å². The molecule has 4 rings (SSSR count). The molecular weight excluding hydrogens is 360 g/mol. The number of benzene rings is 3. The lowest BCUT2D eigenvalue weighted by molar-refractivity contribution is 0.104. The predicted molar refractivity (Wildman–Crippen MR) is 117 cm³/mol. The van der Waals surface area contributed by atoms with E-state index in [2.05, 4.69) is 24.3 Å². The third kappa shape index (κ3) is 4.27. The molecule has 0 bridgehead atoms. The van der Waals surface area contributed by atoms with E-state index in [0.29, 0.717) is 5.56 Å².